The van der Waals surface area contributed by atoms with Crippen LogP contribution in [0.25, 0.3) is 33.4 Å². The Labute approximate surface area is 167 Å². The van der Waals surface area contributed by atoms with Crippen molar-refractivity contribution < 1.29 is 9.51 Å². The minimum atomic E-state index is -0.257. The molecule has 1 N–H and O–H groups in total. The molecular formula is C25H19N2O2+. The lowest BCUT2D eigenvalue weighted by Gasteiger charge is -2.11. The second kappa shape index (κ2) is 6.60. The standard InChI is InChI=1S/C25H18N2O2/c1-17-11-14-20(15-12-17)26-22-16-13-18-7-5-6-10-21(18)27(22)25(29)23(24(26)28)19-8-3-2-4-9-19/h2-16H,1H3/p+1. The quantitative estimate of drug-likeness (QED) is 0.365. The molecule has 2 heterocycles. The van der Waals surface area contributed by atoms with E-state index in [0.29, 0.717) is 11.2 Å². The van der Waals surface area contributed by atoms with E-state index in [-0.39, 0.29) is 17.0 Å². The largest absolute Gasteiger partial charge is 0.477 e. The normalized spacial score (nSPS) is 11.2. The molecule has 0 aliphatic rings. The highest BCUT2D eigenvalue weighted by atomic mass is 16.3. The lowest BCUT2D eigenvalue weighted by molar-refractivity contribution is -0.496. The van der Waals surface area contributed by atoms with Crippen LogP contribution >= 0.6 is 0 Å². The summed E-state index contributed by atoms with van der Waals surface area (Å²) in [6.45, 7) is 2.01. The number of para-hydroxylation sites is 1. The van der Waals surface area contributed by atoms with Gasteiger partial charge < -0.3 is 5.11 Å². The molecule has 0 spiro atoms. The fourth-order valence-corrected chi connectivity index (χ4v) is 3.82. The number of aromatic hydroxyl groups is 1. The summed E-state index contributed by atoms with van der Waals surface area (Å²) < 4.78 is 3.41. The summed E-state index contributed by atoms with van der Waals surface area (Å²) in [7, 11) is 0. The zero-order chi connectivity index (χ0) is 20.0. The van der Waals surface area contributed by atoms with E-state index in [1.807, 2.05) is 97.9 Å². The van der Waals surface area contributed by atoms with Crippen molar-refractivity contribution in [3.05, 3.63) is 107 Å². The second-order valence-electron chi connectivity index (χ2n) is 7.13. The van der Waals surface area contributed by atoms with E-state index in [2.05, 4.69) is 0 Å². The van der Waals surface area contributed by atoms with Crippen molar-refractivity contribution in [3.63, 3.8) is 0 Å². The maximum atomic E-state index is 13.6. The number of benzene rings is 3. The van der Waals surface area contributed by atoms with Crippen molar-refractivity contribution in [1.82, 2.24) is 4.57 Å². The first-order chi connectivity index (χ1) is 14.1. The lowest BCUT2D eigenvalue weighted by Crippen LogP contribution is -2.35. The summed E-state index contributed by atoms with van der Waals surface area (Å²) in [5.41, 5.74) is 4.01. The summed E-state index contributed by atoms with van der Waals surface area (Å²) in [5.74, 6) is -0.0589. The fourth-order valence-electron chi connectivity index (χ4n) is 3.82. The molecule has 0 saturated carbocycles. The van der Waals surface area contributed by atoms with Gasteiger partial charge in [0.1, 0.15) is 11.2 Å². The molecule has 29 heavy (non-hydrogen) atoms. The average Bonchev–Trinajstić information content (AvgIpc) is 2.75. The van der Waals surface area contributed by atoms with Gasteiger partial charge in [0.25, 0.3) is 5.65 Å². The van der Waals surface area contributed by atoms with Crippen molar-refractivity contribution in [2.75, 3.05) is 0 Å². The molecule has 0 unspecified atom stereocenters. The molecule has 5 aromatic rings. The van der Waals surface area contributed by atoms with Gasteiger partial charge >= 0.3 is 11.4 Å². The first kappa shape index (κ1) is 17.2. The third-order valence-corrected chi connectivity index (χ3v) is 5.25. The maximum absolute atomic E-state index is 13.6. The average molecular weight is 379 g/mol. The Kier molecular flexibility index (Phi) is 3.91. The number of hydrogen-bond acceptors (Lipinski definition) is 2. The van der Waals surface area contributed by atoms with Crippen LogP contribution in [0.3, 0.4) is 0 Å². The van der Waals surface area contributed by atoms with Crippen molar-refractivity contribution in [2.24, 2.45) is 0 Å². The van der Waals surface area contributed by atoms with Crippen LogP contribution in [0.2, 0.25) is 0 Å². The molecule has 0 aliphatic heterocycles. The van der Waals surface area contributed by atoms with E-state index in [4.69, 9.17) is 0 Å². The number of nitrogens with zero attached hydrogens (tertiary/aromatic N) is 2. The molecule has 0 saturated heterocycles. The number of aryl methyl sites for hydroxylation is 1. The first-order valence-electron chi connectivity index (χ1n) is 9.49. The molecule has 0 aliphatic carbocycles. The van der Waals surface area contributed by atoms with Crippen LogP contribution in [0.4, 0.5) is 0 Å². The van der Waals surface area contributed by atoms with Crippen molar-refractivity contribution >= 4 is 16.6 Å². The smallest absolute Gasteiger partial charge is 0.354 e. The fraction of sp³-hybridized carbons (Fsp3) is 0.0400. The highest BCUT2D eigenvalue weighted by Crippen LogP contribution is 2.26. The Morgan fingerprint density at radius 1 is 0.793 bits per heavy atom. The molecule has 0 radical (unpaired) electrons. The van der Waals surface area contributed by atoms with Crippen LogP contribution in [0.1, 0.15) is 5.56 Å². The Balaban J connectivity index is 2.02. The van der Waals surface area contributed by atoms with Gasteiger partial charge in [0.15, 0.2) is 5.56 Å². The van der Waals surface area contributed by atoms with Crippen molar-refractivity contribution in [1.29, 1.82) is 0 Å². The zero-order valence-corrected chi connectivity index (χ0v) is 15.9. The van der Waals surface area contributed by atoms with E-state index in [9.17, 15) is 9.90 Å². The number of fused-ring (bicyclic) bond motifs is 3. The van der Waals surface area contributed by atoms with E-state index in [0.717, 1.165) is 22.2 Å². The van der Waals surface area contributed by atoms with Gasteiger partial charge in [0, 0.05) is 11.5 Å². The third-order valence-electron chi connectivity index (χ3n) is 5.25. The number of aromatic nitrogens is 2. The Morgan fingerprint density at radius 3 is 2.24 bits per heavy atom. The number of rotatable bonds is 2. The number of hydrogen-bond donors (Lipinski definition) is 1. The van der Waals surface area contributed by atoms with Gasteiger partial charge in [-0.2, -0.15) is 8.97 Å². The van der Waals surface area contributed by atoms with Crippen LogP contribution in [0, 0.1) is 6.92 Å². The number of pyridine rings is 1. The van der Waals surface area contributed by atoms with Gasteiger partial charge in [0.2, 0.25) is 0 Å². The molecule has 140 valence electrons. The summed E-state index contributed by atoms with van der Waals surface area (Å²) in [6.07, 6.45) is 0. The van der Waals surface area contributed by atoms with Gasteiger partial charge in [-0.3, -0.25) is 0 Å². The minimum Gasteiger partial charge on any atom is -0.477 e. The van der Waals surface area contributed by atoms with E-state index >= 15 is 0 Å². The van der Waals surface area contributed by atoms with Crippen LogP contribution in [0.5, 0.6) is 5.88 Å². The highest BCUT2D eigenvalue weighted by molar-refractivity contribution is 5.78. The Bertz CT molecular complexity index is 1420. The van der Waals surface area contributed by atoms with Crippen LogP contribution in [-0.2, 0) is 0 Å². The van der Waals surface area contributed by atoms with Crippen molar-refractivity contribution in [2.45, 2.75) is 6.92 Å². The highest BCUT2D eigenvalue weighted by Gasteiger charge is 2.27. The Morgan fingerprint density at radius 2 is 1.48 bits per heavy atom. The molecule has 0 fully saturated rings. The van der Waals surface area contributed by atoms with Gasteiger partial charge in [0.05, 0.1) is 0 Å². The zero-order valence-electron chi connectivity index (χ0n) is 15.9. The van der Waals surface area contributed by atoms with Gasteiger partial charge in [-0.05, 0) is 36.8 Å². The van der Waals surface area contributed by atoms with E-state index < -0.39 is 0 Å². The molecular weight excluding hydrogens is 360 g/mol. The molecule has 0 atom stereocenters. The molecule has 3 aromatic carbocycles. The van der Waals surface area contributed by atoms with Gasteiger partial charge in [-0.1, -0.05) is 66.2 Å². The summed E-state index contributed by atoms with van der Waals surface area (Å²) >= 11 is 0. The summed E-state index contributed by atoms with van der Waals surface area (Å²) in [6, 6.07) is 28.8. The maximum Gasteiger partial charge on any atom is 0.354 e. The molecule has 4 nitrogen and oxygen atoms in total. The molecule has 0 amide bonds. The van der Waals surface area contributed by atoms with Crippen LogP contribution in [0.15, 0.2) is 95.8 Å². The summed E-state index contributed by atoms with van der Waals surface area (Å²) in [4.78, 5) is 13.6. The monoisotopic (exact) mass is 379 g/mol. The third kappa shape index (κ3) is 2.69. The van der Waals surface area contributed by atoms with Gasteiger partial charge in [-0.15, -0.1) is 0 Å². The lowest BCUT2D eigenvalue weighted by atomic mass is 10.1. The predicted octanol–water partition coefficient (Wildman–Crippen LogP) is 4.41. The molecule has 0 bridgehead atoms. The van der Waals surface area contributed by atoms with E-state index in [1.54, 1.807) is 8.97 Å². The Hall–Kier alpha value is -3.92. The molecule has 5 rings (SSSR count). The predicted molar refractivity (Wildman–Crippen MR) is 115 cm³/mol. The topological polar surface area (TPSA) is 46.3 Å². The summed E-state index contributed by atoms with van der Waals surface area (Å²) in [5, 5.41) is 12.2. The van der Waals surface area contributed by atoms with Crippen LogP contribution in [-0.4, -0.2) is 9.67 Å². The van der Waals surface area contributed by atoms with Gasteiger partial charge in [-0.25, -0.2) is 4.79 Å². The first-order valence-corrected chi connectivity index (χ1v) is 9.49. The second-order valence-corrected chi connectivity index (χ2v) is 7.13. The molecule has 2 aromatic heterocycles. The molecule has 4 heteroatoms. The van der Waals surface area contributed by atoms with Crippen LogP contribution < -0.4 is 9.96 Å². The minimum absolute atomic E-state index is 0.0589. The van der Waals surface area contributed by atoms with E-state index in [1.165, 1.54) is 0 Å². The van der Waals surface area contributed by atoms with Crippen molar-refractivity contribution in [3.8, 4) is 22.7 Å². The SMILES string of the molecule is Cc1ccc(-n2c(=O)c(-c3ccccc3)c(O)[n+]3c4ccccc4ccc23)cc1.